The van der Waals surface area contributed by atoms with E-state index in [1.54, 1.807) is 0 Å². The summed E-state index contributed by atoms with van der Waals surface area (Å²) in [5, 5.41) is 0. The second kappa shape index (κ2) is 8.99. The maximum Gasteiger partial charge on any atom is 0.434 e. The largest absolute Gasteiger partial charge is 0.456 e. The van der Waals surface area contributed by atoms with Crippen LogP contribution in [0.5, 0.6) is 0 Å². The van der Waals surface area contributed by atoms with Gasteiger partial charge in [0.2, 0.25) is 0 Å². The Morgan fingerprint density at radius 1 is 1.03 bits per heavy atom. The van der Waals surface area contributed by atoms with Gasteiger partial charge >= 0.3 is 24.3 Å². The molecule has 0 saturated heterocycles. The van der Waals surface area contributed by atoms with Crippen LogP contribution in [0.2, 0.25) is 0 Å². The van der Waals surface area contributed by atoms with Gasteiger partial charge in [-0.25, -0.2) is 9.59 Å². The van der Waals surface area contributed by atoms with Crippen molar-refractivity contribution in [2.75, 3.05) is 0 Å². The molecular formula is C20H26F6O5. The number of rotatable bonds is 6. The zero-order chi connectivity index (χ0) is 23.8. The highest BCUT2D eigenvalue weighted by molar-refractivity contribution is 5.87. The minimum Gasteiger partial charge on any atom is -0.456 e. The van der Waals surface area contributed by atoms with E-state index in [-0.39, 0.29) is 23.8 Å². The van der Waals surface area contributed by atoms with Crippen LogP contribution in [-0.2, 0) is 23.8 Å². The van der Waals surface area contributed by atoms with Crippen molar-refractivity contribution < 1.29 is 50.1 Å². The third-order valence-electron chi connectivity index (χ3n) is 5.53. The van der Waals surface area contributed by atoms with E-state index in [9.17, 15) is 35.9 Å². The summed E-state index contributed by atoms with van der Waals surface area (Å²) in [5.41, 5.74) is -0.680. The molecule has 0 radical (unpaired) electrons. The molecule has 0 aromatic heterocycles. The monoisotopic (exact) mass is 460 g/mol. The molecule has 11 heteroatoms. The number of carbonyl (C=O) groups excluding carboxylic acids is 2. The van der Waals surface area contributed by atoms with Gasteiger partial charge in [-0.3, -0.25) is 0 Å². The smallest absolute Gasteiger partial charge is 0.434 e. The predicted molar refractivity (Wildman–Crippen MR) is 95.7 cm³/mol. The SMILES string of the molecule is C=C(C)C(=O)OC12CC(C)CC(CC(OC(C)C(=O)OC(C(F)(F)F)C(F)(F)F)C1)C2. The normalized spacial score (nSPS) is 29.9. The summed E-state index contributed by atoms with van der Waals surface area (Å²) in [5.74, 6) is -2.03. The fraction of sp³-hybridized carbons (Fsp3) is 0.800. The van der Waals surface area contributed by atoms with Crippen molar-refractivity contribution in [2.24, 2.45) is 11.8 Å². The Labute approximate surface area is 176 Å². The van der Waals surface area contributed by atoms with Gasteiger partial charge in [-0.15, -0.1) is 0 Å². The van der Waals surface area contributed by atoms with Crippen LogP contribution in [0.25, 0.3) is 0 Å². The van der Waals surface area contributed by atoms with E-state index in [1.807, 2.05) is 6.92 Å². The summed E-state index contributed by atoms with van der Waals surface area (Å²) >= 11 is 0. The van der Waals surface area contributed by atoms with Crippen LogP contribution in [0.1, 0.15) is 52.9 Å². The van der Waals surface area contributed by atoms with Crippen molar-refractivity contribution in [2.45, 2.75) is 89.1 Å². The molecule has 0 aliphatic heterocycles. The molecule has 2 aliphatic rings. The summed E-state index contributed by atoms with van der Waals surface area (Å²) in [6.07, 6.45) is -15.7. The Morgan fingerprint density at radius 3 is 2.13 bits per heavy atom. The van der Waals surface area contributed by atoms with Crippen LogP contribution in [0, 0.1) is 11.8 Å². The first-order valence-corrected chi connectivity index (χ1v) is 9.90. The Kier molecular flexibility index (Phi) is 7.39. The van der Waals surface area contributed by atoms with Gasteiger partial charge in [-0.2, -0.15) is 26.3 Å². The topological polar surface area (TPSA) is 61.8 Å². The maximum absolute atomic E-state index is 12.6. The first-order valence-electron chi connectivity index (χ1n) is 9.90. The van der Waals surface area contributed by atoms with Crippen molar-refractivity contribution in [1.29, 1.82) is 0 Å². The third kappa shape index (κ3) is 6.60. The van der Waals surface area contributed by atoms with E-state index >= 15 is 0 Å². The number of alkyl halides is 6. The highest BCUT2D eigenvalue weighted by atomic mass is 19.4. The molecule has 0 aromatic carbocycles. The van der Waals surface area contributed by atoms with E-state index in [4.69, 9.17) is 9.47 Å². The Morgan fingerprint density at radius 2 is 1.61 bits per heavy atom. The number of hydrogen-bond acceptors (Lipinski definition) is 5. The second-order valence-electron chi connectivity index (χ2n) is 8.71. The van der Waals surface area contributed by atoms with Crippen LogP contribution in [0.3, 0.4) is 0 Å². The van der Waals surface area contributed by atoms with Crippen molar-refractivity contribution in [3.8, 4) is 0 Å². The number of carbonyl (C=O) groups is 2. The minimum atomic E-state index is -5.80. The molecule has 0 heterocycles. The van der Waals surface area contributed by atoms with Gasteiger partial charge in [0.05, 0.1) is 6.10 Å². The summed E-state index contributed by atoms with van der Waals surface area (Å²) in [6.45, 7) is 8.08. The highest BCUT2D eigenvalue weighted by Crippen LogP contribution is 2.48. The van der Waals surface area contributed by atoms with Crippen LogP contribution < -0.4 is 0 Å². The Balaban J connectivity index is 2.08. The molecule has 2 fully saturated rings. The van der Waals surface area contributed by atoms with E-state index in [2.05, 4.69) is 11.3 Å². The molecule has 5 unspecified atom stereocenters. The highest BCUT2D eigenvalue weighted by Gasteiger charge is 2.60. The van der Waals surface area contributed by atoms with Crippen molar-refractivity contribution in [1.82, 2.24) is 0 Å². The molecule has 31 heavy (non-hydrogen) atoms. The lowest BCUT2D eigenvalue weighted by Gasteiger charge is -2.49. The molecule has 5 nitrogen and oxygen atoms in total. The molecule has 0 spiro atoms. The zero-order valence-corrected chi connectivity index (χ0v) is 17.4. The van der Waals surface area contributed by atoms with Crippen LogP contribution >= 0.6 is 0 Å². The van der Waals surface area contributed by atoms with E-state index in [1.165, 1.54) is 6.92 Å². The second-order valence-corrected chi connectivity index (χ2v) is 8.71. The standard InChI is InChI=1S/C20H26F6O5/c1-10(2)15(27)31-18-7-11(3)5-13(8-18)6-14(9-18)29-12(4)16(28)30-17(19(21,22)23)20(24,25)26/h11-14,17H,1,5-9H2,2-4H3. The van der Waals surface area contributed by atoms with Gasteiger partial charge in [-0.1, -0.05) is 13.5 Å². The molecule has 0 amide bonds. The number of halogens is 6. The zero-order valence-electron chi connectivity index (χ0n) is 17.4. The first kappa shape index (κ1) is 25.5. The molecule has 2 saturated carbocycles. The van der Waals surface area contributed by atoms with E-state index < -0.39 is 48.2 Å². The van der Waals surface area contributed by atoms with E-state index in [0.29, 0.717) is 19.3 Å². The number of ether oxygens (including phenoxy) is 3. The maximum atomic E-state index is 12.6. The summed E-state index contributed by atoms with van der Waals surface area (Å²) in [4.78, 5) is 24.0. The van der Waals surface area contributed by atoms with Crippen molar-refractivity contribution in [3.05, 3.63) is 12.2 Å². The summed E-state index contributed by atoms with van der Waals surface area (Å²) < 4.78 is 90.7. The fourth-order valence-electron chi connectivity index (χ4n) is 4.58. The predicted octanol–water partition coefficient (Wildman–Crippen LogP) is 4.88. The van der Waals surface area contributed by atoms with Gasteiger partial charge in [0.15, 0.2) is 6.10 Å². The lowest BCUT2D eigenvalue weighted by atomic mass is 9.64. The van der Waals surface area contributed by atoms with Gasteiger partial charge in [0, 0.05) is 12.0 Å². The molecule has 0 N–H and O–H groups in total. The Hall–Kier alpha value is -1.78. The van der Waals surface area contributed by atoms with Crippen LogP contribution in [0.15, 0.2) is 12.2 Å². The molecule has 2 rings (SSSR count). The number of esters is 2. The quantitative estimate of drug-likeness (QED) is 0.321. The van der Waals surface area contributed by atoms with Gasteiger partial charge in [0.1, 0.15) is 5.60 Å². The lowest BCUT2D eigenvalue weighted by molar-refractivity contribution is -0.315. The average Bonchev–Trinajstić information content (AvgIpc) is 2.55. The van der Waals surface area contributed by atoms with Crippen LogP contribution in [0.4, 0.5) is 26.3 Å². The van der Waals surface area contributed by atoms with Crippen LogP contribution in [-0.4, -0.2) is 48.2 Å². The molecular weight excluding hydrogens is 434 g/mol. The average molecular weight is 460 g/mol. The van der Waals surface area contributed by atoms with Gasteiger partial charge < -0.3 is 14.2 Å². The molecule has 0 aromatic rings. The minimum absolute atomic E-state index is 0.0711. The summed E-state index contributed by atoms with van der Waals surface area (Å²) in [6, 6.07) is 0. The Bertz CT molecular complexity index is 685. The molecule has 178 valence electrons. The number of fused-ring (bicyclic) bond motifs is 2. The van der Waals surface area contributed by atoms with Crippen molar-refractivity contribution in [3.63, 3.8) is 0 Å². The first-order chi connectivity index (χ1) is 14.0. The molecule has 2 bridgehead atoms. The lowest BCUT2D eigenvalue weighted by Crippen LogP contribution is -2.51. The molecule has 5 atom stereocenters. The van der Waals surface area contributed by atoms with Gasteiger partial charge in [-0.05, 0) is 51.4 Å². The number of hydrogen-bond donors (Lipinski definition) is 0. The summed E-state index contributed by atoms with van der Waals surface area (Å²) in [7, 11) is 0. The van der Waals surface area contributed by atoms with Gasteiger partial charge in [0.25, 0.3) is 6.10 Å². The third-order valence-corrected chi connectivity index (χ3v) is 5.53. The van der Waals surface area contributed by atoms with Crippen molar-refractivity contribution >= 4 is 11.9 Å². The fourth-order valence-corrected chi connectivity index (χ4v) is 4.58. The van der Waals surface area contributed by atoms with E-state index in [0.717, 1.165) is 13.3 Å². The molecule has 2 aliphatic carbocycles.